The van der Waals surface area contributed by atoms with Crippen LogP contribution in [-0.4, -0.2) is 40.7 Å². The highest BCUT2D eigenvalue weighted by molar-refractivity contribution is 6.12. The van der Waals surface area contributed by atoms with E-state index in [-0.39, 0.29) is 30.6 Å². The molecule has 2 atom stereocenters. The summed E-state index contributed by atoms with van der Waals surface area (Å²) in [4.78, 5) is 41.3. The molecule has 2 unspecified atom stereocenters. The molecule has 0 bridgehead atoms. The van der Waals surface area contributed by atoms with Gasteiger partial charge in [-0.05, 0) is 61.4 Å². The normalized spacial score (nSPS) is 15.3. The lowest BCUT2D eigenvalue weighted by Gasteiger charge is -2.22. The quantitative estimate of drug-likeness (QED) is 0.327. The highest BCUT2D eigenvalue weighted by Crippen LogP contribution is 2.37. The number of nitrogens with zero attached hydrogens (tertiary/aromatic N) is 2. The van der Waals surface area contributed by atoms with Gasteiger partial charge in [0, 0.05) is 39.4 Å². The zero-order chi connectivity index (χ0) is 29.9. The van der Waals surface area contributed by atoms with Crippen molar-refractivity contribution < 1.29 is 33.3 Å². The number of carbonyl (C=O) groups excluding carboxylic acids is 3. The third kappa shape index (κ3) is 4.28. The van der Waals surface area contributed by atoms with Crippen LogP contribution in [0, 0.1) is 13.8 Å². The molecule has 0 radical (unpaired) electrons. The molecule has 4 heterocycles. The van der Waals surface area contributed by atoms with E-state index in [9.17, 15) is 14.4 Å². The number of hydrogen-bond donors (Lipinski definition) is 0. The molecule has 0 spiro atoms. The van der Waals surface area contributed by atoms with E-state index >= 15 is 0 Å². The number of benzene rings is 2. The average molecular weight is 569 g/mol. The summed E-state index contributed by atoms with van der Waals surface area (Å²) >= 11 is 0. The SMILES string of the molecule is COC(C(=O)C(OC)c1cc2c(n1C)C(=O)c1ccc(C)cc1OC2)c1cc2c(n1C)C(=O)c1ccc(C)cc1OC2. The predicted molar refractivity (Wildman–Crippen MR) is 153 cm³/mol. The predicted octanol–water partition coefficient (Wildman–Crippen LogP) is 4.87. The van der Waals surface area contributed by atoms with Gasteiger partial charge in [0.1, 0.15) is 24.7 Å². The number of ether oxygens (including phenoxy) is 4. The van der Waals surface area contributed by atoms with Gasteiger partial charge in [-0.2, -0.15) is 0 Å². The molecule has 0 saturated heterocycles. The number of aryl methyl sites for hydroxylation is 2. The minimum absolute atomic E-state index is 0.178. The molecule has 9 heteroatoms. The lowest BCUT2D eigenvalue weighted by molar-refractivity contribution is -0.140. The van der Waals surface area contributed by atoms with Crippen LogP contribution in [0.2, 0.25) is 0 Å². The number of fused-ring (bicyclic) bond motifs is 4. The molecule has 2 aliphatic rings. The number of hydrogen-bond acceptors (Lipinski definition) is 7. The Balaban J connectivity index is 1.36. The largest absolute Gasteiger partial charge is 0.488 e. The maximum atomic E-state index is 14.1. The fraction of sp³-hybridized carbons (Fsp3) is 0.303. The summed E-state index contributed by atoms with van der Waals surface area (Å²) in [6, 6.07) is 14.5. The van der Waals surface area contributed by atoms with Gasteiger partial charge in [-0.3, -0.25) is 14.4 Å². The van der Waals surface area contributed by atoms with Gasteiger partial charge in [0.25, 0.3) is 0 Å². The van der Waals surface area contributed by atoms with Crippen LogP contribution >= 0.6 is 0 Å². The van der Waals surface area contributed by atoms with Crippen LogP contribution in [0.4, 0.5) is 0 Å². The fourth-order valence-electron chi connectivity index (χ4n) is 6.04. The Morgan fingerprint density at radius 2 is 1.12 bits per heavy atom. The monoisotopic (exact) mass is 568 g/mol. The second-order valence-electron chi connectivity index (χ2n) is 10.9. The fourth-order valence-corrected chi connectivity index (χ4v) is 6.04. The molecule has 4 aromatic rings. The minimum Gasteiger partial charge on any atom is -0.488 e. The topological polar surface area (TPSA) is 98.0 Å². The van der Waals surface area contributed by atoms with Gasteiger partial charge in [0.05, 0.1) is 33.9 Å². The van der Waals surface area contributed by atoms with Crippen LogP contribution in [0.1, 0.15) is 78.0 Å². The third-order valence-electron chi connectivity index (χ3n) is 8.18. The van der Waals surface area contributed by atoms with E-state index in [0.29, 0.717) is 56.5 Å². The Hall–Kier alpha value is -4.47. The van der Waals surface area contributed by atoms with E-state index in [1.165, 1.54) is 14.2 Å². The van der Waals surface area contributed by atoms with E-state index in [0.717, 1.165) is 11.1 Å². The molecule has 0 N–H and O–H groups in total. The van der Waals surface area contributed by atoms with E-state index < -0.39 is 12.2 Å². The number of aromatic nitrogens is 2. The second-order valence-corrected chi connectivity index (χ2v) is 10.9. The standard InChI is InChI=1S/C33H32N2O7/c1-17-7-9-21-25(11-17)41-15-19-13-23(34(3)27(19)29(21)36)32(39-5)31(38)33(40-6)24-14-20-16-42-26-12-18(2)8-10-22(26)30(37)28(20)35(24)4/h7-14,32-33H,15-16H2,1-6H3. The Kier molecular flexibility index (Phi) is 6.87. The van der Waals surface area contributed by atoms with Crippen LogP contribution in [-0.2, 0) is 41.6 Å². The van der Waals surface area contributed by atoms with Gasteiger partial charge in [-0.15, -0.1) is 0 Å². The number of methoxy groups -OCH3 is 2. The van der Waals surface area contributed by atoms with Crippen LogP contribution in [0.25, 0.3) is 0 Å². The van der Waals surface area contributed by atoms with Crippen LogP contribution in [0.5, 0.6) is 11.5 Å². The lowest BCUT2D eigenvalue weighted by atomic mass is 10.0. The Morgan fingerprint density at radius 3 is 1.50 bits per heavy atom. The van der Waals surface area contributed by atoms with Gasteiger partial charge in [-0.25, -0.2) is 0 Å². The first-order valence-corrected chi connectivity index (χ1v) is 13.7. The lowest BCUT2D eigenvalue weighted by Crippen LogP contribution is -2.27. The van der Waals surface area contributed by atoms with Crippen LogP contribution in [0.3, 0.4) is 0 Å². The molecule has 2 aromatic heterocycles. The molecule has 9 nitrogen and oxygen atoms in total. The minimum atomic E-state index is -1.05. The molecule has 2 aliphatic heterocycles. The zero-order valence-corrected chi connectivity index (χ0v) is 24.4. The van der Waals surface area contributed by atoms with E-state index in [4.69, 9.17) is 18.9 Å². The maximum Gasteiger partial charge on any atom is 0.213 e. The van der Waals surface area contributed by atoms with Gasteiger partial charge in [0.15, 0.2) is 12.2 Å². The summed E-state index contributed by atoms with van der Waals surface area (Å²) in [6.45, 7) is 4.24. The number of ketones is 3. The van der Waals surface area contributed by atoms with E-state index in [2.05, 4.69) is 0 Å². The van der Waals surface area contributed by atoms with Gasteiger partial charge in [0.2, 0.25) is 17.3 Å². The van der Waals surface area contributed by atoms with Crippen molar-refractivity contribution >= 4 is 17.3 Å². The van der Waals surface area contributed by atoms with Gasteiger partial charge in [-0.1, -0.05) is 12.1 Å². The third-order valence-corrected chi connectivity index (χ3v) is 8.18. The molecule has 0 amide bonds. The van der Waals surface area contributed by atoms with E-state index in [1.54, 1.807) is 47.5 Å². The van der Waals surface area contributed by atoms with Crippen molar-refractivity contribution in [3.05, 3.63) is 105 Å². The van der Waals surface area contributed by atoms with Crippen molar-refractivity contribution in [3.63, 3.8) is 0 Å². The second kappa shape index (κ2) is 10.4. The summed E-state index contributed by atoms with van der Waals surface area (Å²) < 4.78 is 26.9. The van der Waals surface area contributed by atoms with Crippen LogP contribution < -0.4 is 9.47 Å². The van der Waals surface area contributed by atoms with Crippen LogP contribution in [0.15, 0.2) is 48.5 Å². The molecule has 6 rings (SSSR count). The van der Waals surface area contributed by atoms with Crippen molar-refractivity contribution in [2.45, 2.75) is 39.3 Å². The van der Waals surface area contributed by atoms with Crippen molar-refractivity contribution in [3.8, 4) is 11.5 Å². The molecule has 0 saturated carbocycles. The summed E-state index contributed by atoms with van der Waals surface area (Å²) in [5.74, 6) is 0.335. The summed E-state index contributed by atoms with van der Waals surface area (Å²) in [6.07, 6.45) is -2.11. The molecule has 2 aromatic carbocycles. The van der Waals surface area contributed by atoms with Crippen molar-refractivity contribution in [2.24, 2.45) is 14.1 Å². The first-order valence-electron chi connectivity index (χ1n) is 13.7. The van der Waals surface area contributed by atoms with Gasteiger partial charge >= 0.3 is 0 Å². The molecule has 216 valence electrons. The molecule has 0 fully saturated rings. The van der Waals surface area contributed by atoms with E-state index in [1.807, 2.05) is 38.1 Å². The zero-order valence-electron chi connectivity index (χ0n) is 24.4. The maximum absolute atomic E-state index is 14.1. The Labute approximate surface area is 243 Å². The Morgan fingerprint density at radius 1 is 0.714 bits per heavy atom. The number of Topliss-reactive ketones (excluding diaryl/α,β-unsaturated/α-hetero) is 1. The molecular formula is C33H32N2O7. The van der Waals surface area contributed by atoms with Crippen molar-refractivity contribution in [1.82, 2.24) is 9.13 Å². The molecular weight excluding hydrogens is 536 g/mol. The summed E-state index contributed by atoms with van der Waals surface area (Å²) in [5.41, 5.74) is 6.14. The summed E-state index contributed by atoms with van der Waals surface area (Å²) in [5, 5.41) is 0. The first-order chi connectivity index (χ1) is 20.1. The highest BCUT2D eigenvalue weighted by Gasteiger charge is 2.38. The first kappa shape index (κ1) is 27.7. The van der Waals surface area contributed by atoms with Crippen molar-refractivity contribution in [2.75, 3.05) is 14.2 Å². The number of carbonyl (C=O) groups is 3. The summed E-state index contributed by atoms with van der Waals surface area (Å²) in [7, 11) is 6.37. The Bertz CT molecular complexity index is 1650. The average Bonchev–Trinajstić information content (AvgIpc) is 3.36. The van der Waals surface area contributed by atoms with Gasteiger partial charge < -0.3 is 28.1 Å². The molecule has 42 heavy (non-hydrogen) atoms. The highest BCUT2D eigenvalue weighted by atomic mass is 16.5. The number of rotatable bonds is 6. The van der Waals surface area contributed by atoms with Crippen molar-refractivity contribution in [1.29, 1.82) is 0 Å². The molecule has 0 aliphatic carbocycles. The smallest absolute Gasteiger partial charge is 0.213 e.